The summed E-state index contributed by atoms with van der Waals surface area (Å²) in [5.74, 6) is -0.886. The highest BCUT2D eigenvalue weighted by Gasteiger charge is 2.21. The third-order valence-electron chi connectivity index (χ3n) is 10.9. The normalized spacial score (nSPS) is 14.4. The molecular formula is C61H100NO8P. The van der Waals surface area contributed by atoms with Crippen LogP contribution in [0, 0.1) is 0 Å². The van der Waals surface area contributed by atoms with Crippen molar-refractivity contribution < 1.29 is 42.1 Å². The minimum atomic E-state index is -4.65. The van der Waals surface area contributed by atoms with Crippen LogP contribution in [0.15, 0.2) is 134 Å². The van der Waals surface area contributed by atoms with E-state index < -0.39 is 32.5 Å². The van der Waals surface area contributed by atoms with E-state index in [1.807, 2.05) is 21.1 Å². The van der Waals surface area contributed by atoms with E-state index in [2.05, 4.69) is 148 Å². The molecule has 0 aliphatic heterocycles. The number of phosphoric ester groups is 1. The Hall–Kier alpha value is -3.85. The van der Waals surface area contributed by atoms with Crippen molar-refractivity contribution in [3.8, 4) is 0 Å². The summed E-state index contributed by atoms with van der Waals surface area (Å²) < 4.78 is 34.0. The second-order valence-corrected chi connectivity index (χ2v) is 20.3. The van der Waals surface area contributed by atoms with Gasteiger partial charge in [0, 0.05) is 12.8 Å². The third kappa shape index (κ3) is 55.3. The zero-order valence-electron chi connectivity index (χ0n) is 45.4. The van der Waals surface area contributed by atoms with Gasteiger partial charge < -0.3 is 27.9 Å². The van der Waals surface area contributed by atoms with Gasteiger partial charge in [0.25, 0.3) is 7.82 Å². The lowest BCUT2D eigenvalue weighted by Gasteiger charge is -2.28. The number of nitrogens with zero attached hydrogens (tertiary/aromatic N) is 1. The van der Waals surface area contributed by atoms with Crippen LogP contribution in [-0.4, -0.2) is 70.0 Å². The van der Waals surface area contributed by atoms with Gasteiger partial charge in [-0.1, -0.05) is 192 Å². The summed E-state index contributed by atoms with van der Waals surface area (Å²) >= 11 is 0. The monoisotopic (exact) mass is 1010 g/mol. The predicted octanol–water partition coefficient (Wildman–Crippen LogP) is 16.3. The summed E-state index contributed by atoms with van der Waals surface area (Å²) in [6.45, 7) is 4.02. The zero-order chi connectivity index (χ0) is 52.0. The summed E-state index contributed by atoms with van der Waals surface area (Å²) in [5, 5.41) is 0. The fraction of sp³-hybridized carbons (Fsp3) is 0.607. The van der Waals surface area contributed by atoms with Crippen LogP contribution in [0.1, 0.15) is 187 Å². The van der Waals surface area contributed by atoms with Gasteiger partial charge in [-0.3, -0.25) is 14.2 Å². The molecule has 0 aliphatic rings. The van der Waals surface area contributed by atoms with E-state index in [-0.39, 0.29) is 26.1 Å². The number of ether oxygens (including phenoxy) is 2. The molecule has 0 saturated carbocycles. The molecule has 0 N–H and O–H groups in total. The summed E-state index contributed by atoms with van der Waals surface area (Å²) in [5.41, 5.74) is 0. The number of rotatable bonds is 48. The molecule has 0 aromatic carbocycles. The van der Waals surface area contributed by atoms with Crippen LogP contribution < -0.4 is 4.89 Å². The van der Waals surface area contributed by atoms with Gasteiger partial charge in [0.05, 0.1) is 27.7 Å². The number of likely N-dealkylation sites (N-methyl/N-ethyl adjacent to an activating group) is 1. The topological polar surface area (TPSA) is 111 Å². The molecule has 0 amide bonds. The number of esters is 2. The predicted molar refractivity (Wildman–Crippen MR) is 300 cm³/mol. The Kier molecular flexibility index (Phi) is 48.3. The molecule has 0 fully saturated rings. The number of carbonyl (C=O) groups excluding carboxylic acids is 2. The maximum atomic E-state index is 12.7. The molecule has 0 aromatic rings. The molecule has 0 spiro atoms. The highest BCUT2D eigenvalue weighted by Crippen LogP contribution is 2.38. The van der Waals surface area contributed by atoms with Crippen molar-refractivity contribution in [2.75, 3.05) is 47.5 Å². The lowest BCUT2D eigenvalue weighted by atomic mass is 10.1. The van der Waals surface area contributed by atoms with Crippen LogP contribution in [0.5, 0.6) is 0 Å². The van der Waals surface area contributed by atoms with Gasteiger partial charge in [-0.05, 0) is 116 Å². The van der Waals surface area contributed by atoms with Crippen LogP contribution in [0.25, 0.3) is 0 Å². The molecule has 2 atom stereocenters. The fourth-order valence-corrected chi connectivity index (χ4v) is 7.40. The number of quaternary nitrogens is 1. The summed E-state index contributed by atoms with van der Waals surface area (Å²) in [4.78, 5) is 37.7. The smallest absolute Gasteiger partial charge is 0.306 e. The molecule has 9 nitrogen and oxygen atoms in total. The summed E-state index contributed by atoms with van der Waals surface area (Å²) in [6.07, 6.45) is 73.6. The van der Waals surface area contributed by atoms with E-state index >= 15 is 0 Å². The highest BCUT2D eigenvalue weighted by molar-refractivity contribution is 7.45. The van der Waals surface area contributed by atoms with Gasteiger partial charge >= 0.3 is 11.9 Å². The van der Waals surface area contributed by atoms with E-state index in [4.69, 9.17) is 18.5 Å². The first-order valence-electron chi connectivity index (χ1n) is 27.4. The van der Waals surface area contributed by atoms with Gasteiger partial charge in [-0.15, -0.1) is 0 Å². The molecule has 0 bridgehead atoms. The summed E-state index contributed by atoms with van der Waals surface area (Å²) in [7, 11) is 1.12. The Balaban J connectivity index is 4.24. The number of hydrogen-bond acceptors (Lipinski definition) is 8. The minimum Gasteiger partial charge on any atom is -0.756 e. The Labute approximate surface area is 434 Å². The lowest BCUT2D eigenvalue weighted by molar-refractivity contribution is -0.870. The summed E-state index contributed by atoms with van der Waals surface area (Å²) in [6, 6.07) is 0. The molecule has 10 heteroatoms. The lowest BCUT2D eigenvalue weighted by Crippen LogP contribution is -2.37. The van der Waals surface area contributed by atoms with Crippen LogP contribution in [0.2, 0.25) is 0 Å². The van der Waals surface area contributed by atoms with Crippen molar-refractivity contribution in [2.45, 2.75) is 193 Å². The van der Waals surface area contributed by atoms with Crippen LogP contribution in [0.3, 0.4) is 0 Å². The van der Waals surface area contributed by atoms with Crippen molar-refractivity contribution in [2.24, 2.45) is 0 Å². The van der Waals surface area contributed by atoms with Crippen LogP contribution >= 0.6 is 7.82 Å². The van der Waals surface area contributed by atoms with Gasteiger partial charge in [0.15, 0.2) is 6.10 Å². The Bertz CT molecular complexity index is 1660. The van der Waals surface area contributed by atoms with E-state index in [9.17, 15) is 19.0 Å². The van der Waals surface area contributed by atoms with Crippen molar-refractivity contribution in [1.82, 2.24) is 0 Å². The van der Waals surface area contributed by atoms with Crippen molar-refractivity contribution in [3.05, 3.63) is 134 Å². The first-order valence-corrected chi connectivity index (χ1v) is 28.9. The largest absolute Gasteiger partial charge is 0.756 e. The fourth-order valence-electron chi connectivity index (χ4n) is 6.68. The maximum absolute atomic E-state index is 12.7. The average Bonchev–Trinajstić information content (AvgIpc) is 3.33. The van der Waals surface area contributed by atoms with Crippen molar-refractivity contribution in [3.63, 3.8) is 0 Å². The van der Waals surface area contributed by atoms with Gasteiger partial charge in [0.2, 0.25) is 0 Å². The Morgan fingerprint density at radius 3 is 1.21 bits per heavy atom. The van der Waals surface area contributed by atoms with Gasteiger partial charge in [-0.2, -0.15) is 0 Å². The van der Waals surface area contributed by atoms with Gasteiger partial charge in [0.1, 0.15) is 19.8 Å². The number of phosphoric acid groups is 1. The van der Waals surface area contributed by atoms with E-state index in [0.29, 0.717) is 23.9 Å². The molecule has 0 saturated heterocycles. The van der Waals surface area contributed by atoms with E-state index in [1.54, 1.807) is 0 Å². The first-order chi connectivity index (χ1) is 34.5. The molecule has 0 radical (unpaired) electrons. The second-order valence-electron chi connectivity index (χ2n) is 18.9. The molecule has 0 heterocycles. The average molecular weight is 1010 g/mol. The molecular weight excluding hydrogens is 906 g/mol. The molecule has 2 unspecified atom stereocenters. The molecule has 0 aliphatic carbocycles. The van der Waals surface area contributed by atoms with Crippen molar-refractivity contribution >= 4 is 19.8 Å². The quantitative estimate of drug-likeness (QED) is 0.0195. The molecule has 71 heavy (non-hydrogen) atoms. The molecule has 402 valence electrons. The van der Waals surface area contributed by atoms with E-state index in [1.165, 1.54) is 19.3 Å². The van der Waals surface area contributed by atoms with Crippen LogP contribution in [0.4, 0.5) is 0 Å². The minimum absolute atomic E-state index is 0.0447. The number of hydrogen-bond donors (Lipinski definition) is 0. The standard InChI is InChI=1S/C61H100NO8P/c1-6-8-10-12-14-16-18-20-21-22-23-24-25-26-27-28-29-30-31-32-33-34-35-36-37-38-39-40-41-42-44-46-48-50-52-54-61(64)70-59(58-69-71(65,66)68-56-55-62(3,4)5)57-67-60(63)53-51-49-47-45-43-19-17-15-13-11-9-7-2/h8,10,14-17,20-21,23-24,26-27,29-30,32-33,35-36,38-39,41-42,59H,6-7,9,11-13,18-19,22,25,28,31,34,37,40,43-58H2,1-5H3/b10-8-,16-14-,17-15-,21-20-,24-23-,27-26-,30-29-,33-32-,36-35-,39-38-,42-41-. The Morgan fingerprint density at radius 2 is 0.803 bits per heavy atom. The SMILES string of the molecule is CC/C=C\C/C=C\C/C=C\C/C=C\C/C=C\C/C=C\C/C=C\C/C=C\C/C=C\C/C=C\CCCCCCC(=O)OC(COC(=O)CCCCCCC/C=C\CCCCC)COP(=O)([O-])OCC[N+](C)(C)C. The molecule has 0 aromatic heterocycles. The van der Waals surface area contributed by atoms with E-state index in [0.717, 1.165) is 128 Å². The number of unbranched alkanes of at least 4 members (excludes halogenated alkanes) is 12. The van der Waals surface area contributed by atoms with Gasteiger partial charge in [-0.25, -0.2) is 0 Å². The number of carbonyl (C=O) groups is 2. The first kappa shape index (κ1) is 67.1. The van der Waals surface area contributed by atoms with Crippen LogP contribution in [-0.2, 0) is 32.7 Å². The van der Waals surface area contributed by atoms with Crippen molar-refractivity contribution in [1.29, 1.82) is 0 Å². The highest BCUT2D eigenvalue weighted by atomic mass is 31.2. The molecule has 0 rings (SSSR count). The number of allylic oxidation sites excluding steroid dienone is 22. The maximum Gasteiger partial charge on any atom is 0.306 e. The zero-order valence-corrected chi connectivity index (χ0v) is 46.3. The third-order valence-corrected chi connectivity index (χ3v) is 11.9. The second kappa shape index (κ2) is 51.1. The Morgan fingerprint density at radius 1 is 0.451 bits per heavy atom.